The molecule has 1 aliphatic carbocycles. The topological polar surface area (TPSA) is 58.6 Å². The summed E-state index contributed by atoms with van der Waals surface area (Å²) in [5.74, 6) is 0.389. The van der Waals surface area contributed by atoms with Gasteiger partial charge in [-0.3, -0.25) is 9.59 Å². The molecule has 0 aromatic heterocycles. The third kappa shape index (κ3) is 6.09. The Kier molecular flexibility index (Phi) is 7.89. The number of carbonyl (C=O) groups excluding carboxylic acids is 2. The van der Waals surface area contributed by atoms with E-state index in [1.54, 1.807) is 11.8 Å². The van der Waals surface area contributed by atoms with Crippen LogP contribution in [0.4, 0.5) is 0 Å². The van der Waals surface area contributed by atoms with Gasteiger partial charge in [-0.25, -0.2) is 0 Å². The number of para-hydroxylation sites is 1. The zero-order chi connectivity index (χ0) is 21.3. The van der Waals surface area contributed by atoms with Gasteiger partial charge in [0.2, 0.25) is 5.91 Å². The summed E-state index contributed by atoms with van der Waals surface area (Å²) in [6.07, 6.45) is 5.56. The second kappa shape index (κ2) is 10.8. The van der Waals surface area contributed by atoms with E-state index in [0.717, 1.165) is 36.8 Å². The van der Waals surface area contributed by atoms with Crippen molar-refractivity contribution in [2.45, 2.75) is 64.6 Å². The summed E-state index contributed by atoms with van der Waals surface area (Å²) in [4.78, 5) is 27.6. The maximum atomic E-state index is 13.1. The normalized spacial score (nSPS) is 15.3. The number of aryl methyl sites for hydroxylation is 1. The Morgan fingerprint density at radius 1 is 1.03 bits per heavy atom. The lowest BCUT2D eigenvalue weighted by Crippen LogP contribution is -2.51. The molecule has 1 N–H and O–H groups in total. The Morgan fingerprint density at radius 3 is 2.40 bits per heavy atom. The number of rotatable bonds is 8. The largest absolute Gasteiger partial charge is 0.484 e. The molecule has 2 amide bonds. The minimum Gasteiger partial charge on any atom is -0.484 e. The Balaban J connectivity index is 1.69. The Morgan fingerprint density at radius 2 is 1.70 bits per heavy atom. The maximum Gasteiger partial charge on any atom is 0.261 e. The smallest absolute Gasteiger partial charge is 0.261 e. The first-order chi connectivity index (χ1) is 14.5. The van der Waals surface area contributed by atoms with Crippen LogP contribution in [-0.2, 0) is 16.1 Å². The monoisotopic (exact) mass is 408 g/mol. The van der Waals surface area contributed by atoms with Gasteiger partial charge in [-0.1, -0.05) is 67.8 Å². The molecule has 0 bridgehead atoms. The minimum atomic E-state index is -0.569. The highest BCUT2D eigenvalue weighted by atomic mass is 16.5. The molecule has 0 radical (unpaired) electrons. The molecular weight excluding hydrogens is 376 g/mol. The Hall–Kier alpha value is -2.82. The number of nitrogens with zero attached hydrogens (tertiary/aromatic N) is 1. The molecule has 5 heteroatoms. The average molecular weight is 409 g/mol. The molecule has 0 saturated heterocycles. The van der Waals surface area contributed by atoms with Crippen LogP contribution < -0.4 is 10.1 Å². The van der Waals surface area contributed by atoms with Crippen LogP contribution in [0.3, 0.4) is 0 Å². The summed E-state index contributed by atoms with van der Waals surface area (Å²) in [5.41, 5.74) is 1.96. The van der Waals surface area contributed by atoms with E-state index in [-0.39, 0.29) is 24.5 Å². The van der Waals surface area contributed by atoms with Crippen molar-refractivity contribution in [3.05, 3.63) is 65.7 Å². The molecule has 5 nitrogen and oxygen atoms in total. The standard InChI is InChI=1S/C25H32N2O3/c1-19-11-9-10-16-23(19)30-18-24(28)27(17-21-12-5-3-6-13-21)20(2)25(29)26-22-14-7-4-8-15-22/h3,5-6,9-13,16,20,22H,4,7-8,14-15,17-18H2,1-2H3,(H,26,29)/t20-/m0/s1. The lowest BCUT2D eigenvalue weighted by Gasteiger charge is -2.31. The number of benzene rings is 2. The highest BCUT2D eigenvalue weighted by Gasteiger charge is 2.28. The van der Waals surface area contributed by atoms with Crippen molar-refractivity contribution < 1.29 is 14.3 Å². The number of ether oxygens (including phenoxy) is 1. The molecule has 0 unspecified atom stereocenters. The molecule has 2 aromatic carbocycles. The second-order valence-electron chi connectivity index (χ2n) is 8.08. The molecule has 30 heavy (non-hydrogen) atoms. The van der Waals surface area contributed by atoms with Crippen LogP contribution in [0.25, 0.3) is 0 Å². The van der Waals surface area contributed by atoms with Crippen molar-refractivity contribution in [2.24, 2.45) is 0 Å². The number of nitrogens with one attached hydrogen (secondary N) is 1. The van der Waals surface area contributed by atoms with Gasteiger partial charge in [-0.15, -0.1) is 0 Å². The maximum absolute atomic E-state index is 13.1. The summed E-state index contributed by atoms with van der Waals surface area (Å²) < 4.78 is 5.77. The van der Waals surface area contributed by atoms with Crippen LogP contribution in [0.1, 0.15) is 50.2 Å². The second-order valence-corrected chi connectivity index (χ2v) is 8.08. The van der Waals surface area contributed by atoms with Crippen LogP contribution in [0.15, 0.2) is 54.6 Å². The Bertz CT molecular complexity index is 831. The van der Waals surface area contributed by atoms with Crippen molar-refractivity contribution in [2.75, 3.05) is 6.61 Å². The third-order valence-corrected chi connectivity index (χ3v) is 5.76. The lowest BCUT2D eigenvalue weighted by atomic mass is 9.95. The van der Waals surface area contributed by atoms with Gasteiger partial charge in [-0.2, -0.15) is 0 Å². The summed E-state index contributed by atoms with van der Waals surface area (Å²) >= 11 is 0. The van der Waals surface area contributed by atoms with Crippen LogP contribution in [0.5, 0.6) is 5.75 Å². The van der Waals surface area contributed by atoms with E-state index in [1.165, 1.54) is 6.42 Å². The van der Waals surface area contributed by atoms with Gasteiger partial charge < -0.3 is 15.0 Å². The van der Waals surface area contributed by atoms with E-state index in [9.17, 15) is 9.59 Å². The van der Waals surface area contributed by atoms with Crippen molar-refractivity contribution in [3.8, 4) is 5.75 Å². The van der Waals surface area contributed by atoms with Gasteiger partial charge in [0.25, 0.3) is 5.91 Å². The fourth-order valence-corrected chi connectivity index (χ4v) is 3.87. The first-order valence-electron chi connectivity index (χ1n) is 10.9. The van der Waals surface area contributed by atoms with Gasteiger partial charge in [0.1, 0.15) is 11.8 Å². The van der Waals surface area contributed by atoms with Crippen LogP contribution in [0, 0.1) is 6.92 Å². The summed E-state index contributed by atoms with van der Waals surface area (Å²) in [6, 6.07) is 17.0. The van der Waals surface area contributed by atoms with E-state index in [0.29, 0.717) is 12.3 Å². The quantitative estimate of drug-likeness (QED) is 0.711. The lowest BCUT2D eigenvalue weighted by molar-refractivity contribution is -0.142. The van der Waals surface area contributed by atoms with Crippen molar-refractivity contribution in [1.29, 1.82) is 0 Å². The van der Waals surface area contributed by atoms with Crippen molar-refractivity contribution in [3.63, 3.8) is 0 Å². The van der Waals surface area contributed by atoms with E-state index >= 15 is 0 Å². The van der Waals surface area contributed by atoms with Crippen LogP contribution in [-0.4, -0.2) is 35.4 Å². The molecule has 1 aliphatic rings. The zero-order valence-electron chi connectivity index (χ0n) is 18.0. The molecular formula is C25H32N2O3. The van der Waals surface area contributed by atoms with Crippen molar-refractivity contribution in [1.82, 2.24) is 10.2 Å². The van der Waals surface area contributed by atoms with Gasteiger partial charge in [0.15, 0.2) is 6.61 Å². The van der Waals surface area contributed by atoms with Gasteiger partial charge in [0, 0.05) is 12.6 Å². The first kappa shape index (κ1) is 21.9. The molecule has 3 rings (SSSR count). The number of carbonyl (C=O) groups is 2. The predicted octanol–water partition coefficient (Wildman–Crippen LogP) is 4.24. The highest BCUT2D eigenvalue weighted by molar-refractivity contribution is 5.88. The fraction of sp³-hybridized carbons (Fsp3) is 0.440. The Labute approximate surface area is 179 Å². The SMILES string of the molecule is Cc1ccccc1OCC(=O)N(Cc1ccccc1)[C@@H](C)C(=O)NC1CCCCC1. The van der Waals surface area contributed by atoms with E-state index in [1.807, 2.05) is 61.5 Å². The van der Waals surface area contributed by atoms with E-state index in [4.69, 9.17) is 4.74 Å². The summed E-state index contributed by atoms with van der Waals surface area (Å²) in [6.45, 7) is 4.02. The van der Waals surface area contributed by atoms with Crippen LogP contribution >= 0.6 is 0 Å². The molecule has 1 fully saturated rings. The zero-order valence-corrected chi connectivity index (χ0v) is 18.0. The number of amides is 2. The molecule has 0 spiro atoms. The predicted molar refractivity (Wildman–Crippen MR) is 118 cm³/mol. The molecule has 160 valence electrons. The summed E-state index contributed by atoms with van der Waals surface area (Å²) in [5, 5.41) is 3.15. The molecule has 2 aromatic rings. The van der Waals surface area contributed by atoms with E-state index in [2.05, 4.69) is 5.32 Å². The van der Waals surface area contributed by atoms with Gasteiger partial charge >= 0.3 is 0 Å². The summed E-state index contributed by atoms with van der Waals surface area (Å²) in [7, 11) is 0. The third-order valence-electron chi connectivity index (χ3n) is 5.76. The number of hydrogen-bond donors (Lipinski definition) is 1. The molecule has 0 heterocycles. The minimum absolute atomic E-state index is 0.0953. The van der Waals surface area contributed by atoms with Crippen molar-refractivity contribution >= 4 is 11.8 Å². The number of hydrogen-bond acceptors (Lipinski definition) is 3. The molecule has 0 aliphatic heterocycles. The first-order valence-corrected chi connectivity index (χ1v) is 10.9. The van der Waals surface area contributed by atoms with Gasteiger partial charge in [0.05, 0.1) is 0 Å². The average Bonchev–Trinajstić information content (AvgIpc) is 2.77. The van der Waals surface area contributed by atoms with Crippen LogP contribution in [0.2, 0.25) is 0 Å². The highest BCUT2D eigenvalue weighted by Crippen LogP contribution is 2.19. The fourth-order valence-electron chi connectivity index (χ4n) is 3.87. The van der Waals surface area contributed by atoms with E-state index < -0.39 is 6.04 Å². The molecule has 1 atom stereocenters. The molecule has 1 saturated carbocycles. The van der Waals surface area contributed by atoms with Gasteiger partial charge in [-0.05, 0) is 43.9 Å².